The molecule has 2 aromatic heterocycles. The van der Waals surface area contributed by atoms with Gasteiger partial charge in [0, 0.05) is 20.8 Å². The zero-order chi connectivity index (χ0) is 11.5. The van der Waals surface area contributed by atoms with Gasteiger partial charge in [0.25, 0.3) is 0 Å². The van der Waals surface area contributed by atoms with Crippen molar-refractivity contribution in [3.63, 3.8) is 0 Å². The second kappa shape index (κ2) is 4.88. The molecule has 0 saturated carbocycles. The third kappa shape index (κ3) is 2.76. The van der Waals surface area contributed by atoms with Crippen LogP contribution in [0.1, 0.15) is 4.88 Å². The standard InChI is InChI=1S/C10H7BrF2N2S/c11-6-1-8(16-5-6)4-15-10-9(13)2-7(12)3-14-10/h1-3,5H,4H2,(H,14,15). The van der Waals surface area contributed by atoms with Crippen LogP contribution in [0.5, 0.6) is 0 Å². The summed E-state index contributed by atoms with van der Waals surface area (Å²) < 4.78 is 26.8. The Morgan fingerprint density at radius 1 is 1.38 bits per heavy atom. The fraction of sp³-hybridized carbons (Fsp3) is 0.100. The van der Waals surface area contributed by atoms with E-state index in [0.717, 1.165) is 21.6 Å². The molecule has 0 unspecified atom stereocenters. The van der Waals surface area contributed by atoms with Crippen LogP contribution in [0.15, 0.2) is 28.2 Å². The highest BCUT2D eigenvalue weighted by molar-refractivity contribution is 9.10. The van der Waals surface area contributed by atoms with Crippen LogP contribution in [0, 0.1) is 11.6 Å². The van der Waals surface area contributed by atoms with Gasteiger partial charge in [-0.3, -0.25) is 0 Å². The topological polar surface area (TPSA) is 24.9 Å². The van der Waals surface area contributed by atoms with E-state index >= 15 is 0 Å². The lowest BCUT2D eigenvalue weighted by atomic mass is 10.4. The van der Waals surface area contributed by atoms with E-state index in [-0.39, 0.29) is 5.82 Å². The molecule has 16 heavy (non-hydrogen) atoms. The molecule has 0 bridgehead atoms. The lowest BCUT2D eigenvalue weighted by Gasteiger charge is -2.04. The van der Waals surface area contributed by atoms with Gasteiger partial charge in [-0.25, -0.2) is 13.8 Å². The molecule has 2 heterocycles. The highest BCUT2D eigenvalue weighted by Crippen LogP contribution is 2.21. The first-order valence-electron chi connectivity index (χ1n) is 4.43. The maximum atomic E-state index is 13.2. The Hall–Kier alpha value is -1.01. The first-order valence-corrected chi connectivity index (χ1v) is 6.10. The average molecular weight is 305 g/mol. The van der Waals surface area contributed by atoms with Gasteiger partial charge < -0.3 is 5.32 Å². The number of aromatic nitrogens is 1. The lowest BCUT2D eigenvalue weighted by molar-refractivity contribution is 0.575. The number of hydrogen-bond donors (Lipinski definition) is 1. The fourth-order valence-corrected chi connectivity index (χ4v) is 2.55. The van der Waals surface area contributed by atoms with Gasteiger partial charge in [-0.1, -0.05) is 0 Å². The summed E-state index contributed by atoms with van der Waals surface area (Å²) >= 11 is 4.87. The van der Waals surface area contributed by atoms with Crippen LogP contribution >= 0.6 is 27.3 Å². The average Bonchev–Trinajstić information content (AvgIpc) is 2.63. The monoisotopic (exact) mass is 304 g/mol. The molecule has 0 spiro atoms. The summed E-state index contributed by atoms with van der Waals surface area (Å²) in [6.45, 7) is 0.464. The number of rotatable bonds is 3. The van der Waals surface area contributed by atoms with E-state index in [2.05, 4.69) is 26.2 Å². The second-order valence-corrected chi connectivity index (χ2v) is 4.98. The van der Waals surface area contributed by atoms with Gasteiger partial charge in [-0.2, -0.15) is 0 Å². The largest absolute Gasteiger partial charge is 0.363 e. The molecule has 0 atom stereocenters. The summed E-state index contributed by atoms with van der Waals surface area (Å²) in [5, 5.41) is 4.74. The summed E-state index contributed by atoms with van der Waals surface area (Å²) in [4.78, 5) is 4.67. The van der Waals surface area contributed by atoms with E-state index in [1.807, 2.05) is 11.4 Å². The fourth-order valence-electron chi connectivity index (χ4n) is 1.16. The quantitative estimate of drug-likeness (QED) is 0.933. The van der Waals surface area contributed by atoms with Crippen molar-refractivity contribution in [2.45, 2.75) is 6.54 Å². The van der Waals surface area contributed by atoms with E-state index in [9.17, 15) is 8.78 Å². The van der Waals surface area contributed by atoms with E-state index in [0.29, 0.717) is 6.54 Å². The van der Waals surface area contributed by atoms with Crippen molar-refractivity contribution in [1.82, 2.24) is 4.98 Å². The first kappa shape index (κ1) is 11.5. The minimum atomic E-state index is -0.685. The normalized spacial score (nSPS) is 10.4. The number of anilines is 1. The predicted octanol–water partition coefficient (Wildman–Crippen LogP) is 3.80. The van der Waals surface area contributed by atoms with E-state index in [4.69, 9.17) is 0 Å². The van der Waals surface area contributed by atoms with Crippen molar-refractivity contribution >= 4 is 33.1 Å². The van der Waals surface area contributed by atoms with Gasteiger partial charge in [0.15, 0.2) is 11.6 Å². The Bertz CT molecular complexity index is 501. The van der Waals surface area contributed by atoms with Crippen LogP contribution in [0.4, 0.5) is 14.6 Å². The van der Waals surface area contributed by atoms with Crippen molar-refractivity contribution in [2.75, 3.05) is 5.32 Å². The van der Waals surface area contributed by atoms with Crippen LogP contribution in [0.2, 0.25) is 0 Å². The van der Waals surface area contributed by atoms with E-state index < -0.39 is 11.6 Å². The molecule has 0 amide bonds. The van der Waals surface area contributed by atoms with Crippen LogP contribution in [0.25, 0.3) is 0 Å². The number of nitrogens with zero attached hydrogens (tertiary/aromatic N) is 1. The van der Waals surface area contributed by atoms with Gasteiger partial charge in [0.1, 0.15) is 5.82 Å². The third-order valence-corrected chi connectivity index (χ3v) is 3.56. The Balaban J connectivity index is 2.04. The zero-order valence-corrected chi connectivity index (χ0v) is 10.4. The maximum Gasteiger partial charge on any atom is 0.168 e. The molecule has 84 valence electrons. The molecule has 0 radical (unpaired) electrons. The minimum absolute atomic E-state index is 0.0610. The van der Waals surface area contributed by atoms with Gasteiger partial charge >= 0.3 is 0 Å². The number of nitrogens with one attached hydrogen (secondary N) is 1. The molecule has 1 N–H and O–H groups in total. The molecular weight excluding hydrogens is 298 g/mol. The summed E-state index contributed by atoms with van der Waals surface area (Å²) in [5.74, 6) is -1.30. The molecule has 2 nitrogen and oxygen atoms in total. The van der Waals surface area contributed by atoms with E-state index in [1.54, 1.807) is 11.3 Å². The molecule has 0 aliphatic heterocycles. The summed E-state index contributed by atoms with van der Waals surface area (Å²) in [6.07, 6.45) is 0.982. The number of halogens is 3. The smallest absolute Gasteiger partial charge is 0.168 e. The van der Waals surface area contributed by atoms with Crippen molar-refractivity contribution in [3.05, 3.63) is 44.7 Å². The van der Waals surface area contributed by atoms with Crippen LogP contribution < -0.4 is 5.32 Å². The number of hydrogen-bond acceptors (Lipinski definition) is 3. The molecular formula is C10H7BrF2N2S. The Morgan fingerprint density at radius 2 is 2.19 bits per heavy atom. The molecule has 0 aliphatic rings. The number of thiophene rings is 1. The molecule has 0 aliphatic carbocycles. The third-order valence-electron chi connectivity index (χ3n) is 1.86. The number of pyridine rings is 1. The molecule has 0 aromatic carbocycles. The summed E-state index contributed by atoms with van der Waals surface area (Å²) in [6, 6.07) is 2.73. The molecule has 6 heteroatoms. The Kier molecular flexibility index (Phi) is 3.50. The van der Waals surface area contributed by atoms with Crippen molar-refractivity contribution < 1.29 is 8.78 Å². The highest BCUT2D eigenvalue weighted by atomic mass is 79.9. The molecule has 0 saturated heterocycles. The molecule has 2 aromatic rings. The second-order valence-electron chi connectivity index (χ2n) is 3.07. The van der Waals surface area contributed by atoms with Crippen molar-refractivity contribution in [1.29, 1.82) is 0 Å². The van der Waals surface area contributed by atoms with Gasteiger partial charge in [0.05, 0.1) is 12.7 Å². The zero-order valence-electron chi connectivity index (χ0n) is 8.01. The Labute approximate surface area is 103 Å². The van der Waals surface area contributed by atoms with Crippen LogP contribution in [-0.2, 0) is 6.54 Å². The summed E-state index contributed by atoms with van der Waals surface area (Å²) in [5.41, 5.74) is 0. The molecule has 0 fully saturated rings. The van der Waals surface area contributed by atoms with Crippen molar-refractivity contribution in [3.8, 4) is 0 Å². The summed E-state index contributed by atoms with van der Waals surface area (Å²) in [7, 11) is 0. The van der Waals surface area contributed by atoms with Gasteiger partial charge in [-0.15, -0.1) is 11.3 Å². The van der Waals surface area contributed by atoms with Crippen LogP contribution in [0.3, 0.4) is 0 Å². The Morgan fingerprint density at radius 3 is 2.81 bits per heavy atom. The predicted molar refractivity (Wildman–Crippen MR) is 63.5 cm³/mol. The van der Waals surface area contributed by atoms with Gasteiger partial charge in [-0.05, 0) is 22.0 Å². The first-order chi connectivity index (χ1) is 7.65. The van der Waals surface area contributed by atoms with Gasteiger partial charge in [0.2, 0.25) is 0 Å². The SMILES string of the molecule is Fc1cnc(NCc2cc(Br)cs2)c(F)c1. The highest BCUT2D eigenvalue weighted by Gasteiger charge is 2.05. The van der Waals surface area contributed by atoms with Crippen molar-refractivity contribution in [2.24, 2.45) is 0 Å². The molecule has 2 rings (SSSR count). The minimum Gasteiger partial charge on any atom is -0.363 e. The maximum absolute atomic E-state index is 13.2. The van der Waals surface area contributed by atoms with E-state index in [1.165, 1.54) is 0 Å². The lowest BCUT2D eigenvalue weighted by Crippen LogP contribution is -2.02. The van der Waals surface area contributed by atoms with Crippen LogP contribution in [-0.4, -0.2) is 4.98 Å².